The average Bonchev–Trinajstić information content (AvgIpc) is 3.26. The Morgan fingerprint density at radius 1 is 0.719 bits per heavy atom. The van der Waals surface area contributed by atoms with Crippen molar-refractivity contribution in [3.63, 3.8) is 0 Å². The largest absolute Gasteiger partial charge is 0.411 e. The van der Waals surface area contributed by atoms with Gasteiger partial charge < -0.3 is 4.42 Å². The van der Waals surface area contributed by atoms with Crippen molar-refractivity contribution in [2.75, 3.05) is 0 Å². The number of nitrogens with zero attached hydrogens (tertiary/aromatic N) is 4. The van der Waals surface area contributed by atoms with E-state index in [1.807, 2.05) is 66.7 Å². The van der Waals surface area contributed by atoms with Crippen molar-refractivity contribution in [2.24, 2.45) is 4.99 Å². The van der Waals surface area contributed by atoms with Gasteiger partial charge in [-0.2, -0.15) is 0 Å². The molecule has 0 fully saturated rings. The number of aliphatic imine (C=N–C) groups is 1. The second kappa shape index (κ2) is 7.50. The van der Waals surface area contributed by atoms with Gasteiger partial charge >= 0.3 is 5.76 Å². The summed E-state index contributed by atoms with van der Waals surface area (Å²) in [5.41, 5.74) is 3.98. The van der Waals surface area contributed by atoms with Crippen molar-refractivity contribution in [3.8, 4) is 34.2 Å². The lowest BCUT2D eigenvalue weighted by atomic mass is 10.0. The van der Waals surface area contributed by atoms with E-state index in [9.17, 15) is 0 Å². The maximum Gasteiger partial charge on any atom is 0.366 e. The Morgan fingerprint density at radius 3 is 2.00 bits per heavy atom. The van der Waals surface area contributed by atoms with Crippen molar-refractivity contribution in [1.29, 1.82) is 0 Å². The molecule has 32 heavy (non-hydrogen) atoms. The molecule has 150 valence electrons. The summed E-state index contributed by atoms with van der Waals surface area (Å²) in [6.07, 6.45) is 6.35. The molecule has 0 N–H and O–H groups in total. The van der Waals surface area contributed by atoms with Crippen LogP contribution in [0.25, 0.3) is 45.1 Å². The molecule has 3 aromatic carbocycles. The molecule has 0 amide bonds. The van der Waals surface area contributed by atoms with Gasteiger partial charge in [0, 0.05) is 11.1 Å². The second-order valence-electron chi connectivity index (χ2n) is 7.23. The Labute approximate surface area is 188 Å². The van der Waals surface area contributed by atoms with Crippen LogP contribution in [0.5, 0.6) is 0 Å². The maximum atomic E-state index is 6.46. The quantitative estimate of drug-likeness (QED) is 0.310. The summed E-state index contributed by atoms with van der Waals surface area (Å²) < 4.78 is 5.98. The zero-order chi connectivity index (χ0) is 21.5. The van der Waals surface area contributed by atoms with Crippen LogP contribution in [0.15, 0.2) is 88.4 Å². The summed E-state index contributed by atoms with van der Waals surface area (Å²) in [6.45, 7) is 0. The Bertz CT molecular complexity index is 1460. The van der Waals surface area contributed by atoms with E-state index in [1.165, 1.54) is 0 Å². The summed E-state index contributed by atoms with van der Waals surface area (Å²) in [5, 5.41) is 1.31. The van der Waals surface area contributed by atoms with Crippen LogP contribution in [-0.2, 0) is 0 Å². The van der Waals surface area contributed by atoms with Gasteiger partial charge in [-0.15, -0.1) is 0 Å². The molecule has 0 saturated carbocycles. The highest BCUT2D eigenvalue weighted by Crippen LogP contribution is 2.38. The summed E-state index contributed by atoms with van der Waals surface area (Å²) in [7, 11) is 0. The minimum Gasteiger partial charge on any atom is -0.411 e. The molecule has 6 rings (SSSR count). The third-order valence-corrected chi connectivity index (χ3v) is 5.54. The molecule has 5 nitrogen and oxygen atoms in total. The first-order valence-electron chi connectivity index (χ1n) is 10.0. The predicted octanol–water partition coefficient (Wildman–Crippen LogP) is 6.37. The molecule has 5 aromatic rings. The first kappa shape index (κ1) is 18.6. The Kier molecular flexibility index (Phi) is 4.36. The van der Waals surface area contributed by atoms with Gasteiger partial charge in [-0.3, -0.25) is 0 Å². The number of halogens is 1. The fraction of sp³-hybridized carbons (Fsp3) is 0. The molecular weight excluding hydrogens is 420 g/mol. The summed E-state index contributed by atoms with van der Waals surface area (Å²) in [5.74, 6) is 2.31. The van der Waals surface area contributed by atoms with E-state index in [2.05, 4.69) is 11.1 Å². The number of hydrogen-bond acceptors (Lipinski definition) is 5. The SMILES string of the molecule is Clc1ccc(-c2nc(-c3ccccc3)nc(-c3ccccc3)n2)c2c3c(oc12)[C+]=CN=C3. The van der Waals surface area contributed by atoms with Gasteiger partial charge in [0.05, 0.1) is 10.6 Å². The van der Waals surface area contributed by atoms with E-state index in [0.29, 0.717) is 33.8 Å². The molecule has 0 radical (unpaired) electrons. The molecule has 0 saturated heterocycles. The van der Waals surface area contributed by atoms with E-state index in [4.69, 9.17) is 31.0 Å². The van der Waals surface area contributed by atoms with Crippen LogP contribution in [-0.4, -0.2) is 21.2 Å². The number of hydrogen-bond donors (Lipinski definition) is 0. The number of aromatic nitrogens is 3. The lowest BCUT2D eigenvalue weighted by Crippen LogP contribution is -2.01. The molecule has 0 aliphatic carbocycles. The number of rotatable bonds is 3. The molecule has 0 spiro atoms. The maximum absolute atomic E-state index is 6.46. The van der Waals surface area contributed by atoms with Gasteiger partial charge in [-0.05, 0) is 12.1 Å². The number of furan rings is 1. The topological polar surface area (TPSA) is 64.2 Å². The Balaban J connectivity index is 1.65. The van der Waals surface area contributed by atoms with Gasteiger partial charge in [0.2, 0.25) is 0 Å². The normalized spacial score (nSPS) is 12.0. The highest BCUT2D eigenvalue weighted by molar-refractivity contribution is 6.36. The molecule has 1 aliphatic rings. The Hall–Kier alpha value is -4.18. The van der Waals surface area contributed by atoms with Crippen LogP contribution in [0.2, 0.25) is 5.02 Å². The van der Waals surface area contributed by atoms with E-state index < -0.39 is 0 Å². The van der Waals surface area contributed by atoms with Crippen LogP contribution in [0, 0.1) is 6.08 Å². The standard InChI is InChI=1S/C26H14ClN4O/c27-20-12-11-18(22-19-15-28-14-13-21(19)32-23(20)22)26-30-24(16-7-3-1-4-8-16)29-25(31-26)17-9-5-2-6-10-17/h1-12,14-15H/q+1. The summed E-state index contributed by atoms with van der Waals surface area (Å²) in [4.78, 5) is 18.6. The summed E-state index contributed by atoms with van der Waals surface area (Å²) in [6, 6.07) is 23.4. The minimum absolute atomic E-state index is 0.508. The molecule has 0 unspecified atom stereocenters. The fourth-order valence-corrected chi connectivity index (χ4v) is 3.94. The predicted molar refractivity (Wildman–Crippen MR) is 125 cm³/mol. The molecule has 3 heterocycles. The van der Waals surface area contributed by atoms with E-state index in [-0.39, 0.29) is 0 Å². The van der Waals surface area contributed by atoms with Gasteiger partial charge in [-0.25, -0.2) is 19.9 Å². The highest BCUT2D eigenvalue weighted by atomic mass is 35.5. The average molecular weight is 434 g/mol. The van der Waals surface area contributed by atoms with Crippen molar-refractivity contribution in [2.45, 2.75) is 0 Å². The van der Waals surface area contributed by atoms with Crippen LogP contribution < -0.4 is 0 Å². The van der Waals surface area contributed by atoms with Crippen molar-refractivity contribution in [3.05, 3.63) is 101 Å². The minimum atomic E-state index is 0.508. The monoisotopic (exact) mass is 433 g/mol. The van der Waals surface area contributed by atoms with Crippen LogP contribution in [0.4, 0.5) is 0 Å². The first-order valence-corrected chi connectivity index (χ1v) is 10.4. The van der Waals surface area contributed by atoms with E-state index >= 15 is 0 Å². The molecule has 0 bridgehead atoms. The van der Waals surface area contributed by atoms with Crippen LogP contribution in [0.3, 0.4) is 0 Å². The molecule has 0 atom stereocenters. The Morgan fingerprint density at radius 2 is 1.34 bits per heavy atom. The van der Waals surface area contributed by atoms with Crippen molar-refractivity contribution >= 4 is 28.8 Å². The van der Waals surface area contributed by atoms with Gasteiger partial charge in [0.15, 0.2) is 40.9 Å². The summed E-state index contributed by atoms with van der Waals surface area (Å²) >= 11 is 6.46. The molecule has 6 heteroatoms. The third kappa shape index (κ3) is 3.08. The zero-order valence-electron chi connectivity index (χ0n) is 16.7. The third-order valence-electron chi connectivity index (χ3n) is 5.24. The fourth-order valence-electron chi connectivity index (χ4n) is 3.75. The smallest absolute Gasteiger partial charge is 0.366 e. The van der Waals surface area contributed by atoms with Crippen LogP contribution >= 0.6 is 11.6 Å². The van der Waals surface area contributed by atoms with Crippen LogP contribution in [0.1, 0.15) is 11.3 Å². The van der Waals surface area contributed by atoms with Gasteiger partial charge in [0.1, 0.15) is 11.6 Å². The molecular formula is C26H14ClN4O+. The van der Waals surface area contributed by atoms with E-state index in [0.717, 1.165) is 27.6 Å². The van der Waals surface area contributed by atoms with Crippen molar-refractivity contribution in [1.82, 2.24) is 15.0 Å². The van der Waals surface area contributed by atoms with Crippen molar-refractivity contribution < 1.29 is 4.42 Å². The lowest BCUT2D eigenvalue weighted by Gasteiger charge is -2.08. The van der Waals surface area contributed by atoms with E-state index in [1.54, 1.807) is 18.5 Å². The lowest BCUT2D eigenvalue weighted by molar-refractivity contribution is 0.590. The van der Waals surface area contributed by atoms with Gasteiger partial charge in [-0.1, -0.05) is 72.3 Å². The van der Waals surface area contributed by atoms with Gasteiger partial charge in [0.25, 0.3) is 0 Å². The number of benzene rings is 3. The zero-order valence-corrected chi connectivity index (χ0v) is 17.4. The molecule has 2 aromatic heterocycles. The first-order chi connectivity index (χ1) is 15.8. The number of fused-ring (bicyclic) bond motifs is 3. The highest BCUT2D eigenvalue weighted by Gasteiger charge is 2.29. The second-order valence-corrected chi connectivity index (χ2v) is 7.64. The molecule has 1 aliphatic heterocycles.